The van der Waals surface area contributed by atoms with Crippen LogP contribution in [0.1, 0.15) is 34.9 Å². The van der Waals surface area contributed by atoms with E-state index in [-0.39, 0.29) is 5.56 Å². The fourth-order valence-corrected chi connectivity index (χ4v) is 5.68. The van der Waals surface area contributed by atoms with Gasteiger partial charge in [0.2, 0.25) is 0 Å². The van der Waals surface area contributed by atoms with Gasteiger partial charge in [-0.3, -0.25) is 24.6 Å². The average Bonchev–Trinajstić information content (AvgIpc) is 3.24. The summed E-state index contributed by atoms with van der Waals surface area (Å²) in [6.45, 7) is 5.20. The molecule has 5 heterocycles. The molecule has 5 rings (SSSR count). The van der Waals surface area contributed by atoms with Gasteiger partial charge in [-0.1, -0.05) is 6.07 Å². The van der Waals surface area contributed by atoms with Crippen molar-refractivity contribution in [2.45, 2.75) is 38.5 Å². The molecule has 0 N–H and O–H groups in total. The number of thiophene rings is 1. The van der Waals surface area contributed by atoms with E-state index in [1.807, 2.05) is 6.20 Å². The highest BCUT2D eigenvalue weighted by Gasteiger charge is 2.35. The van der Waals surface area contributed by atoms with Crippen LogP contribution in [0.4, 0.5) is 0 Å². The van der Waals surface area contributed by atoms with E-state index in [0.29, 0.717) is 18.4 Å². The summed E-state index contributed by atoms with van der Waals surface area (Å²) in [4.78, 5) is 26.6. The van der Waals surface area contributed by atoms with Crippen molar-refractivity contribution in [1.29, 1.82) is 0 Å². The van der Waals surface area contributed by atoms with Gasteiger partial charge in [0.1, 0.15) is 0 Å². The van der Waals surface area contributed by atoms with Gasteiger partial charge >= 0.3 is 0 Å². The quantitative estimate of drug-likeness (QED) is 0.613. The molecule has 3 aromatic heterocycles. The summed E-state index contributed by atoms with van der Waals surface area (Å²) in [6, 6.07) is 6.40. The van der Waals surface area contributed by atoms with Crippen LogP contribution in [0, 0.1) is 5.92 Å². The molecule has 0 spiro atoms. The van der Waals surface area contributed by atoms with Crippen LogP contribution in [-0.4, -0.2) is 44.5 Å². The molecule has 30 heavy (non-hydrogen) atoms. The molecular weight excluding hydrogens is 394 g/mol. The van der Waals surface area contributed by atoms with Crippen molar-refractivity contribution in [3.05, 3.63) is 80.4 Å². The van der Waals surface area contributed by atoms with E-state index in [1.165, 1.54) is 17.7 Å². The maximum absolute atomic E-state index is 13.3. The Balaban J connectivity index is 1.31. The first kappa shape index (κ1) is 19.6. The Kier molecular flexibility index (Phi) is 5.50. The van der Waals surface area contributed by atoms with Gasteiger partial charge in [-0.2, -0.15) is 11.3 Å². The van der Waals surface area contributed by atoms with Crippen LogP contribution in [-0.2, 0) is 26.2 Å². The van der Waals surface area contributed by atoms with E-state index in [1.54, 1.807) is 23.7 Å². The summed E-state index contributed by atoms with van der Waals surface area (Å²) in [7, 11) is 2.08. The zero-order valence-corrected chi connectivity index (χ0v) is 18.1. The second-order valence-electron chi connectivity index (χ2n) is 8.69. The normalized spacial score (nSPS) is 21.0. The highest BCUT2D eigenvalue weighted by molar-refractivity contribution is 7.07. The summed E-state index contributed by atoms with van der Waals surface area (Å²) in [6.07, 6.45) is 6.49. The van der Waals surface area contributed by atoms with Crippen molar-refractivity contribution < 1.29 is 0 Å². The fraction of sp³-hybridized carbons (Fsp3) is 0.435. The molecule has 6 nitrogen and oxygen atoms in total. The first-order valence-electron chi connectivity index (χ1n) is 10.5. The molecule has 0 saturated carbocycles. The molecule has 0 radical (unpaired) electrons. The summed E-state index contributed by atoms with van der Waals surface area (Å²) in [5.74, 6) is 0.934. The zero-order valence-electron chi connectivity index (χ0n) is 17.3. The second-order valence-corrected chi connectivity index (χ2v) is 9.47. The summed E-state index contributed by atoms with van der Waals surface area (Å²) in [5.41, 5.74) is 4.61. The molecule has 2 bridgehead atoms. The molecule has 0 aliphatic carbocycles. The van der Waals surface area contributed by atoms with Crippen molar-refractivity contribution in [1.82, 2.24) is 24.3 Å². The third-order valence-corrected chi connectivity index (χ3v) is 6.97. The standard InChI is InChI=1S/C23H27N5OS/c1-26(10-17-4-7-30-16-17)13-19-2-3-22-20-8-18(12-28(22)23(19)29)11-27(14-20)15-21-9-24-5-6-25-21/h2-7,9,16,18,20H,8,10-15H2,1H3/t18-,20+/m0/s1. The van der Waals surface area contributed by atoms with Crippen LogP contribution in [0.2, 0.25) is 0 Å². The summed E-state index contributed by atoms with van der Waals surface area (Å²) in [5, 5.41) is 4.27. The number of piperidine rings is 1. The molecule has 2 aliphatic heterocycles. The largest absolute Gasteiger partial charge is 0.312 e. The van der Waals surface area contributed by atoms with E-state index in [0.717, 1.165) is 44.0 Å². The lowest BCUT2D eigenvalue weighted by atomic mass is 9.83. The molecule has 0 unspecified atom stereocenters. The van der Waals surface area contributed by atoms with Crippen LogP contribution < -0.4 is 5.56 Å². The molecule has 3 aromatic rings. The molecule has 7 heteroatoms. The Labute approximate surface area is 180 Å². The van der Waals surface area contributed by atoms with Gasteiger partial charge in [0.15, 0.2) is 0 Å². The van der Waals surface area contributed by atoms with Crippen LogP contribution >= 0.6 is 11.3 Å². The SMILES string of the molecule is CN(Cc1ccsc1)Cc1ccc2n(c1=O)C[C@H]1C[C@@H]2CN(Cc2cnccn2)C1. The molecule has 1 saturated heterocycles. The maximum Gasteiger partial charge on any atom is 0.255 e. The Bertz CT molecular complexity index is 1050. The lowest BCUT2D eigenvalue weighted by molar-refractivity contribution is 0.113. The molecule has 0 amide bonds. The summed E-state index contributed by atoms with van der Waals surface area (Å²) < 4.78 is 2.06. The predicted octanol–water partition coefficient (Wildman–Crippen LogP) is 2.95. The van der Waals surface area contributed by atoms with Gasteiger partial charge in [0, 0.05) is 75.0 Å². The van der Waals surface area contributed by atoms with Gasteiger partial charge in [-0.05, 0) is 47.8 Å². The van der Waals surface area contributed by atoms with Gasteiger partial charge in [0.25, 0.3) is 5.56 Å². The van der Waals surface area contributed by atoms with E-state index in [4.69, 9.17) is 0 Å². The lowest BCUT2D eigenvalue weighted by Gasteiger charge is -2.42. The highest BCUT2D eigenvalue weighted by atomic mass is 32.1. The van der Waals surface area contributed by atoms with Crippen molar-refractivity contribution in [3.8, 4) is 0 Å². The highest BCUT2D eigenvalue weighted by Crippen LogP contribution is 2.35. The number of fused-ring (bicyclic) bond motifs is 4. The number of nitrogens with zero attached hydrogens (tertiary/aromatic N) is 5. The third-order valence-electron chi connectivity index (χ3n) is 6.23. The van der Waals surface area contributed by atoms with Crippen molar-refractivity contribution >= 4 is 11.3 Å². The number of likely N-dealkylation sites (tertiary alicyclic amines) is 1. The molecule has 0 aromatic carbocycles. The minimum absolute atomic E-state index is 0.196. The number of aromatic nitrogens is 3. The molecule has 2 atom stereocenters. The first-order chi connectivity index (χ1) is 14.7. The summed E-state index contributed by atoms with van der Waals surface area (Å²) >= 11 is 1.72. The average molecular weight is 422 g/mol. The smallest absolute Gasteiger partial charge is 0.255 e. The van der Waals surface area contributed by atoms with E-state index < -0.39 is 0 Å². The Morgan fingerprint density at radius 1 is 1.17 bits per heavy atom. The van der Waals surface area contributed by atoms with Crippen molar-refractivity contribution in [2.75, 3.05) is 20.1 Å². The molecular formula is C23H27N5OS. The predicted molar refractivity (Wildman–Crippen MR) is 118 cm³/mol. The van der Waals surface area contributed by atoms with E-state index in [2.05, 4.69) is 60.3 Å². The van der Waals surface area contributed by atoms with Crippen LogP contribution in [0.25, 0.3) is 0 Å². The lowest BCUT2D eigenvalue weighted by Crippen LogP contribution is -2.47. The zero-order chi connectivity index (χ0) is 20.5. The monoisotopic (exact) mass is 421 g/mol. The minimum Gasteiger partial charge on any atom is -0.312 e. The Morgan fingerprint density at radius 2 is 2.10 bits per heavy atom. The van der Waals surface area contributed by atoms with Crippen LogP contribution in [0.3, 0.4) is 0 Å². The minimum atomic E-state index is 0.196. The second kappa shape index (κ2) is 8.41. The van der Waals surface area contributed by atoms with E-state index in [9.17, 15) is 4.79 Å². The topological polar surface area (TPSA) is 54.3 Å². The van der Waals surface area contributed by atoms with Crippen LogP contribution in [0.15, 0.2) is 52.3 Å². The third kappa shape index (κ3) is 4.10. The van der Waals surface area contributed by atoms with Crippen LogP contribution in [0.5, 0.6) is 0 Å². The maximum atomic E-state index is 13.3. The number of hydrogen-bond donors (Lipinski definition) is 0. The molecule has 1 fully saturated rings. The number of pyridine rings is 1. The van der Waals surface area contributed by atoms with Gasteiger partial charge < -0.3 is 4.57 Å². The molecule has 2 aliphatic rings. The first-order valence-corrected chi connectivity index (χ1v) is 11.5. The van der Waals surface area contributed by atoms with Crippen molar-refractivity contribution in [2.24, 2.45) is 5.92 Å². The van der Waals surface area contributed by atoms with Gasteiger partial charge in [0.05, 0.1) is 5.69 Å². The van der Waals surface area contributed by atoms with Gasteiger partial charge in [-0.25, -0.2) is 0 Å². The Hall–Kier alpha value is -2.35. The number of hydrogen-bond acceptors (Lipinski definition) is 6. The van der Waals surface area contributed by atoms with Crippen molar-refractivity contribution in [3.63, 3.8) is 0 Å². The molecule has 156 valence electrons. The van der Waals surface area contributed by atoms with E-state index >= 15 is 0 Å². The number of rotatable bonds is 6. The Morgan fingerprint density at radius 3 is 2.90 bits per heavy atom. The fourth-order valence-electron chi connectivity index (χ4n) is 5.02. The van der Waals surface area contributed by atoms with Gasteiger partial charge in [-0.15, -0.1) is 0 Å².